The third-order valence-electron chi connectivity index (χ3n) is 5.43. The summed E-state index contributed by atoms with van der Waals surface area (Å²) >= 11 is 5.38. The fourth-order valence-corrected chi connectivity index (χ4v) is 3.92. The second kappa shape index (κ2) is 11.4. The second-order valence-corrected chi connectivity index (χ2v) is 9.14. The Bertz CT molecular complexity index is 1420. The molecule has 0 saturated heterocycles. The molecule has 0 saturated carbocycles. The van der Waals surface area contributed by atoms with E-state index in [1.165, 1.54) is 35.3 Å². The van der Waals surface area contributed by atoms with Gasteiger partial charge >= 0.3 is 6.36 Å². The van der Waals surface area contributed by atoms with Crippen LogP contribution in [-0.2, 0) is 4.79 Å². The first-order chi connectivity index (χ1) is 18.1. The van der Waals surface area contributed by atoms with Crippen molar-refractivity contribution in [1.82, 2.24) is 14.8 Å². The molecule has 2 N–H and O–H groups in total. The topological polar surface area (TPSA) is 81.1 Å². The standard InChI is InChI=1S/C27H24F3N5O2S/c1-17(2)22-5-3-4-6-23(22)33-25(38)15-24(36)32-19-9-7-18(8-10-19)26-31-16-35(34-26)20-11-13-21(14-12-20)37-27(28,29)30/h3-14,16-17H,15H2,1-2H3,(H,32,36)(H,33,38). The molecule has 4 aromatic rings. The van der Waals surface area contributed by atoms with Crippen molar-refractivity contribution in [3.8, 4) is 22.8 Å². The van der Waals surface area contributed by atoms with Crippen LogP contribution in [0.3, 0.4) is 0 Å². The van der Waals surface area contributed by atoms with Crippen LogP contribution in [0, 0.1) is 0 Å². The Kier molecular flexibility index (Phi) is 8.06. The number of carbonyl (C=O) groups is 1. The number of amides is 1. The van der Waals surface area contributed by atoms with Crippen molar-refractivity contribution in [2.75, 3.05) is 10.6 Å². The highest BCUT2D eigenvalue weighted by Crippen LogP contribution is 2.25. The first-order valence-electron chi connectivity index (χ1n) is 11.6. The molecular weight excluding hydrogens is 515 g/mol. The van der Waals surface area contributed by atoms with E-state index >= 15 is 0 Å². The van der Waals surface area contributed by atoms with Crippen LogP contribution in [0.15, 0.2) is 79.1 Å². The van der Waals surface area contributed by atoms with Crippen LogP contribution in [0.4, 0.5) is 24.5 Å². The van der Waals surface area contributed by atoms with Gasteiger partial charge in [-0.25, -0.2) is 9.67 Å². The van der Waals surface area contributed by atoms with Crippen LogP contribution in [0.5, 0.6) is 5.75 Å². The number of halogens is 3. The molecule has 7 nitrogen and oxygen atoms in total. The number of thiocarbonyl (C=S) groups is 1. The minimum absolute atomic E-state index is 0.0300. The van der Waals surface area contributed by atoms with E-state index in [1.54, 1.807) is 24.3 Å². The molecule has 0 aliphatic carbocycles. The van der Waals surface area contributed by atoms with Gasteiger partial charge in [0.15, 0.2) is 5.82 Å². The number of nitrogens with zero attached hydrogens (tertiary/aromatic N) is 3. The molecule has 0 unspecified atom stereocenters. The summed E-state index contributed by atoms with van der Waals surface area (Å²) in [5.74, 6) is 0.148. The SMILES string of the molecule is CC(C)c1ccccc1NC(=S)CC(=O)Nc1ccc(-c2ncn(-c3ccc(OC(F)(F)F)cc3)n2)cc1. The molecule has 0 aliphatic heterocycles. The van der Waals surface area contributed by atoms with Gasteiger partial charge in [-0.15, -0.1) is 18.3 Å². The van der Waals surface area contributed by atoms with Crippen molar-refractivity contribution in [1.29, 1.82) is 0 Å². The van der Waals surface area contributed by atoms with Gasteiger partial charge in [-0.3, -0.25) is 4.79 Å². The molecule has 1 heterocycles. The molecule has 1 amide bonds. The predicted octanol–water partition coefficient (Wildman–Crippen LogP) is 6.72. The smallest absolute Gasteiger partial charge is 0.406 e. The van der Waals surface area contributed by atoms with Gasteiger partial charge in [0.25, 0.3) is 0 Å². The Morgan fingerprint density at radius 3 is 2.34 bits per heavy atom. The Morgan fingerprint density at radius 1 is 1.00 bits per heavy atom. The van der Waals surface area contributed by atoms with Gasteiger partial charge in [-0.05, 0) is 66.1 Å². The molecule has 3 aromatic carbocycles. The molecule has 0 atom stereocenters. The van der Waals surface area contributed by atoms with Crippen molar-refractivity contribution in [2.45, 2.75) is 32.5 Å². The van der Waals surface area contributed by atoms with Crippen LogP contribution in [0.1, 0.15) is 31.7 Å². The summed E-state index contributed by atoms with van der Waals surface area (Å²) in [6, 6.07) is 20.1. The van der Waals surface area contributed by atoms with E-state index in [4.69, 9.17) is 12.2 Å². The zero-order valence-electron chi connectivity index (χ0n) is 20.5. The molecule has 11 heteroatoms. The number of ether oxygens (including phenoxy) is 1. The summed E-state index contributed by atoms with van der Waals surface area (Å²) in [4.78, 5) is 17.2. The summed E-state index contributed by atoms with van der Waals surface area (Å²) in [7, 11) is 0. The maximum atomic E-state index is 12.5. The van der Waals surface area contributed by atoms with Crippen molar-refractivity contribution < 1.29 is 22.7 Å². The fourth-order valence-electron chi connectivity index (χ4n) is 3.68. The van der Waals surface area contributed by atoms with Gasteiger partial charge in [-0.1, -0.05) is 44.3 Å². The third kappa shape index (κ3) is 7.16. The lowest BCUT2D eigenvalue weighted by molar-refractivity contribution is -0.274. The first-order valence-corrected chi connectivity index (χ1v) is 12.0. The second-order valence-electron chi connectivity index (χ2n) is 8.65. The minimum Gasteiger partial charge on any atom is -0.406 e. The lowest BCUT2D eigenvalue weighted by atomic mass is 10.0. The highest BCUT2D eigenvalue weighted by molar-refractivity contribution is 7.80. The van der Waals surface area contributed by atoms with Gasteiger partial charge < -0.3 is 15.4 Å². The lowest BCUT2D eigenvalue weighted by Crippen LogP contribution is -2.20. The molecule has 0 spiro atoms. The molecule has 0 fully saturated rings. The number of benzene rings is 3. The number of anilines is 2. The summed E-state index contributed by atoms with van der Waals surface area (Å²) in [5.41, 5.74) is 3.81. The number of hydrogen-bond donors (Lipinski definition) is 2. The third-order valence-corrected chi connectivity index (χ3v) is 5.68. The van der Waals surface area contributed by atoms with Crippen LogP contribution in [0.2, 0.25) is 0 Å². The molecule has 196 valence electrons. The van der Waals surface area contributed by atoms with Crippen molar-refractivity contribution in [3.63, 3.8) is 0 Å². The van der Waals surface area contributed by atoms with Crippen molar-refractivity contribution >= 4 is 34.5 Å². The molecule has 0 radical (unpaired) electrons. The zero-order chi connectivity index (χ0) is 27.3. The van der Waals surface area contributed by atoms with E-state index in [0.29, 0.717) is 33.7 Å². The average molecular weight is 540 g/mol. The van der Waals surface area contributed by atoms with Crippen LogP contribution in [0.25, 0.3) is 17.1 Å². The van der Waals surface area contributed by atoms with E-state index in [-0.39, 0.29) is 18.1 Å². The van der Waals surface area contributed by atoms with Crippen molar-refractivity contribution in [2.24, 2.45) is 0 Å². The van der Waals surface area contributed by atoms with Crippen molar-refractivity contribution in [3.05, 3.63) is 84.7 Å². The highest BCUT2D eigenvalue weighted by atomic mass is 32.1. The van der Waals surface area contributed by atoms with E-state index in [1.807, 2.05) is 24.3 Å². The Labute approximate surface area is 222 Å². The van der Waals surface area contributed by atoms with Crippen LogP contribution < -0.4 is 15.4 Å². The van der Waals surface area contributed by atoms with Gasteiger partial charge in [0, 0.05) is 16.9 Å². The summed E-state index contributed by atoms with van der Waals surface area (Å²) in [5, 5.41) is 10.4. The minimum atomic E-state index is -4.75. The molecule has 0 bridgehead atoms. The van der Waals surface area contributed by atoms with E-state index in [2.05, 4.69) is 39.3 Å². The van der Waals surface area contributed by atoms with Crippen LogP contribution >= 0.6 is 12.2 Å². The number of rotatable bonds is 8. The Balaban J connectivity index is 1.34. The van der Waals surface area contributed by atoms with Gasteiger partial charge in [0.1, 0.15) is 12.1 Å². The maximum Gasteiger partial charge on any atom is 0.573 e. The number of hydrogen-bond acceptors (Lipinski definition) is 5. The monoisotopic (exact) mass is 539 g/mol. The molecule has 1 aromatic heterocycles. The largest absolute Gasteiger partial charge is 0.573 e. The Hall–Kier alpha value is -4.25. The zero-order valence-corrected chi connectivity index (χ0v) is 21.3. The van der Waals surface area contributed by atoms with E-state index in [0.717, 1.165) is 11.3 Å². The number of para-hydroxylation sites is 1. The summed E-state index contributed by atoms with van der Waals surface area (Å²) in [6.45, 7) is 4.18. The number of nitrogens with one attached hydrogen (secondary N) is 2. The molecule has 0 aliphatic rings. The summed E-state index contributed by atoms with van der Waals surface area (Å²) in [6.07, 6.45) is -3.27. The quantitative estimate of drug-likeness (QED) is 0.242. The first kappa shape index (κ1) is 26.8. The lowest BCUT2D eigenvalue weighted by Gasteiger charge is -2.15. The number of carbonyl (C=O) groups excluding carboxylic acids is 1. The molecule has 4 rings (SSSR count). The predicted molar refractivity (Wildman–Crippen MR) is 143 cm³/mol. The fraction of sp³-hybridized carbons (Fsp3) is 0.185. The van der Waals surface area contributed by atoms with Gasteiger partial charge in [0.2, 0.25) is 5.91 Å². The number of alkyl halides is 3. The highest BCUT2D eigenvalue weighted by Gasteiger charge is 2.31. The van der Waals surface area contributed by atoms with E-state index < -0.39 is 6.36 Å². The number of aromatic nitrogens is 3. The van der Waals surface area contributed by atoms with E-state index in [9.17, 15) is 18.0 Å². The van der Waals surface area contributed by atoms with Gasteiger partial charge in [-0.2, -0.15) is 0 Å². The summed E-state index contributed by atoms with van der Waals surface area (Å²) < 4.78 is 42.4. The molecule has 38 heavy (non-hydrogen) atoms. The van der Waals surface area contributed by atoms with Gasteiger partial charge in [0.05, 0.1) is 17.1 Å². The average Bonchev–Trinajstić information content (AvgIpc) is 3.34. The van der Waals surface area contributed by atoms with Crippen LogP contribution in [-0.4, -0.2) is 32.0 Å². The Morgan fingerprint density at radius 2 is 1.68 bits per heavy atom. The molecular formula is C27H24F3N5O2S. The maximum absolute atomic E-state index is 12.5. The normalized spacial score (nSPS) is 11.3.